The summed E-state index contributed by atoms with van der Waals surface area (Å²) in [4.78, 5) is 30.6. The lowest BCUT2D eigenvalue weighted by Gasteiger charge is -2.11. The number of halogens is 4. The van der Waals surface area contributed by atoms with Crippen molar-refractivity contribution in [3.63, 3.8) is 0 Å². The molecule has 6 nitrogen and oxygen atoms in total. The Hall–Kier alpha value is -2.68. The zero-order valence-electron chi connectivity index (χ0n) is 11.8. The van der Waals surface area contributed by atoms with Crippen LogP contribution in [0.15, 0.2) is 36.8 Å². The molecule has 0 aliphatic carbocycles. The van der Waals surface area contributed by atoms with E-state index in [2.05, 4.69) is 20.0 Å². The normalized spacial score (nSPS) is 11.0. The molecular formula is C14H9ClF3N3O3. The van der Waals surface area contributed by atoms with Gasteiger partial charge in [-0.15, -0.1) is 0 Å². The summed E-state index contributed by atoms with van der Waals surface area (Å²) in [5.41, 5.74) is -1.32. The van der Waals surface area contributed by atoms with Crippen molar-refractivity contribution < 1.29 is 27.5 Å². The maximum Gasteiger partial charge on any atom is 0.417 e. The van der Waals surface area contributed by atoms with Crippen LogP contribution in [0.5, 0.6) is 0 Å². The number of ether oxygens (including phenoxy) is 1. The van der Waals surface area contributed by atoms with Crippen molar-refractivity contribution in [2.45, 2.75) is 6.18 Å². The van der Waals surface area contributed by atoms with Crippen molar-refractivity contribution in [1.29, 1.82) is 0 Å². The van der Waals surface area contributed by atoms with Crippen LogP contribution in [0.3, 0.4) is 0 Å². The number of nitrogens with zero attached hydrogens (tertiary/aromatic N) is 2. The Labute approximate surface area is 138 Å². The minimum Gasteiger partial charge on any atom is -0.451 e. The highest BCUT2D eigenvalue weighted by Crippen LogP contribution is 2.36. The molecule has 0 aliphatic rings. The van der Waals surface area contributed by atoms with Crippen LogP contribution in [-0.2, 0) is 15.7 Å². The molecule has 10 heteroatoms. The fourth-order valence-electron chi connectivity index (χ4n) is 1.63. The van der Waals surface area contributed by atoms with Crippen LogP contribution in [0.1, 0.15) is 16.1 Å². The fourth-order valence-corrected chi connectivity index (χ4v) is 1.85. The highest BCUT2D eigenvalue weighted by molar-refractivity contribution is 6.31. The molecule has 126 valence electrons. The highest BCUT2D eigenvalue weighted by atomic mass is 35.5. The van der Waals surface area contributed by atoms with Gasteiger partial charge in [-0.3, -0.25) is 9.78 Å². The molecule has 1 aromatic heterocycles. The van der Waals surface area contributed by atoms with E-state index in [1.54, 1.807) is 0 Å². The number of amides is 1. The van der Waals surface area contributed by atoms with Crippen LogP contribution >= 0.6 is 11.6 Å². The van der Waals surface area contributed by atoms with E-state index in [4.69, 9.17) is 11.6 Å². The van der Waals surface area contributed by atoms with Gasteiger partial charge in [-0.2, -0.15) is 13.2 Å². The first kappa shape index (κ1) is 17.7. The minimum absolute atomic E-state index is 0.101. The number of esters is 1. The van der Waals surface area contributed by atoms with Crippen molar-refractivity contribution in [3.8, 4) is 0 Å². The van der Waals surface area contributed by atoms with Crippen LogP contribution in [0.2, 0.25) is 5.02 Å². The smallest absolute Gasteiger partial charge is 0.417 e. The largest absolute Gasteiger partial charge is 0.451 e. The average molecular weight is 360 g/mol. The summed E-state index contributed by atoms with van der Waals surface area (Å²) in [7, 11) is 0. The summed E-state index contributed by atoms with van der Waals surface area (Å²) in [5.74, 6) is -1.70. The lowest BCUT2D eigenvalue weighted by atomic mass is 10.2. The molecule has 0 saturated heterocycles. The van der Waals surface area contributed by atoms with E-state index in [0.717, 1.165) is 12.3 Å². The molecule has 0 unspecified atom stereocenters. The Morgan fingerprint density at radius 1 is 1.25 bits per heavy atom. The van der Waals surface area contributed by atoms with Crippen molar-refractivity contribution in [1.82, 2.24) is 9.97 Å². The molecule has 0 spiro atoms. The second kappa shape index (κ2) is 7.26. The van der Waals surface area contributed by atoms with Crippen LogP contribution in [-0.4, -0.2) is 28.5 Å². The van der Waals surface area contributed by atoms with Gasteiger partial charge in [0.1, 0.15) is 0 Å². The number of hydrogen-bond acceptors (Lipinski definition) is 5. The number of carbonyl (C=O) groups is 2. The zero-order chi connectivity index (χ0) is 17.7. The Balaban J connectivity index is 1.97. The summed E-state index contributed by atoms with van der Waals surface area (Å²) < 4.78 is 42.9. The lowest BCUT2D eigenvalue weighted by molar-refractivity contribution is -0.137. The third-order valence-electron chi connectivity index (χ3n) is 2.66. The molecule has 24 heavy (non-hydrogen) atoms. The van der Waals surface area contributed by atoms with E-state index in [0.29, 0.717) is 6.07 Å². The molecular weight excluding hydrogens is 351 g/mol. The molecule has 0 fully saturated rings. The zero-order valence-corrected chi connectivity index (χ0v) is 12.6. The van der Waals surface area contributed by atoms with E-state index < -0.39 is 35.2 Å². The molecule has 1 heterocycles. The maximum absolute atomic E-state index is 12.7. The number of aromatic nitrogens is 2. The van der Waals surface area contributed by atoms with Gasteiger partial charge in [0.15, 0.2) is 12.3 Å². The Kier molecular flexibility index (Phi) is 5.35. The molecule has 0 aliphatic heterocycles. The first-order valence-electron chi connectivity index (χ1n) is 6.37. The number of benzene rings is 1. The van der Waals surface area contributed by atoms with Gasteiger partial charge in [0.05, 0.1) is 16.8 Å². The fraction of sp³-hybridized carbons (Fsp3) is 0.143. The number of alkyl halides is 3. The molecule has 0 atom stereocenters. The molecule has 2 aromatic rings. The minimum atomic E-state index is -4.66. The monoisotopic (exact) mass is 359 g/mol. The standard InChI is InChI=1S/C14H9ClF3N3O3/c15-10-2-1-8(5-9(10)14(16,17)18)21-12(22)7-24-13(23)11-6-19-3-4-20-11/h1-6H,7H2,(H,21,22). The second-order valence-corrected chi connectivity index (χ2v) is 4.81. The first-order chi connectivity index (χ1) is 11.3. The summed E-state index contributed by atoms with van der Waals surface area (Å²) in [6, 6.07) is 2.89. The Morgan fingerprint density at radius 2 is 2.00 bits per heavy atom. The van der Waals surface area contributed by atoms with E-state index in [1.165, 1.54) is 18.5 Å². The van der Waals surface area contributed by atoms with Gasteiger partial charge in [-0.05, 0) is 18.2 Å². The maximum atomic E-state index is 12.7. The third-order valence-corrected chi connectivity index (χ3v) is 2.99. The topological polar surface area (TPSA) is 81.2 Å². The predicted octanol–water partition coefficient (Wildman–Crippen LogP) is 2.94. The SMILES string of the molecule is O=C(COC(=O)c1cnccn1)Nc1ccc(Cl)c(C(F)(F)F)c1. The first-order valence-corrected chi connectivity index (χ1v) is 6.75. The number of anilines is 1. The van der Waals surface area contributed by atoms with Gasteiger partial charge >= 0.3 is 12.1 Å². The Morgan fingerprint density at radius 3 is 2.62 bits per heavy atom. The number of nitrogens with one attached hydrogen (secondary N) is 1. The predicted molar refractivity (Wildman–Crippen MR) is 77.4 cm³/mol. The molecule has 2 rings (SSSR count). The van der Waals surface area contributed by atoms with Gasteiger partial charge in [-0.25, -0.2) is 9.78 Å². The number of carbonyl (C=O) groups excluding carboxylic acids is 2. The van der Waals surface area contributed by atoms with E-state index in [9.17, 15) is 22.8 Å². The van der Waals surface area contributed by atoms with Crippen molar-refractivity contribution in [2.75, 3.05) is 11.9 Å². The van der Waals surface area contributed by atoms with Gasteiger partial charge in [0, 0.05) is 18.1 Å². The van der Waals surface area contributed by atoms with E-state index in [-0.39, 0.29) is 11.4 Å². The van der Waals surface area contributed by atoms with Gasteiger partial charge < -0.3 is 10.1 Å². The van der Waals surface area contributed by atoms with Crippen molar-refractivity contribution in [3.05, 3.63) is 53.1 Å². The summed E-state index contributed by atoms with van der Waals surface area (Å²) in [6.07, 6.45) is -0.892. The highest BCUT2D eigenvalue weighted by Gasteiger charge is 2.33. The molecule has 0 bridgehead atoms. The summed E-state index contributed by atoms with van der Waals surface area (Å²) in [5, 5.41) is 1.69. The molecule has 1 N–H and O–H groups in total. The van der Waals surface area contributed by atoms with Crippen molar-refractivity contribution >= 4 is 29.2 Å². The summed E-state index contributed by atoms with van der Waals surface area (Å²) >= 11 is 5.47. The number of hydrogen-bond donors (Lipinski definition) is 1. The Bertz CT molecular complexity index is 754. The molecule has 1 aromatic carbocycles. The molecule has 1 amide bonds. The number of rotatable bonds is 4. The quantitative estimate of drug-likeness (QED) is 0.849. The third kappa shape index (κ3) is 4.66. The van der Waals surface area contributed by atoms with Crippen LogP contribution in [0.4, 0.5) is 18.9 Å². The lowest BCUT2D eigenvalue weighted by Crippen LogP contribution is -2.21. The van der Waals surface area contributed by atoms with Gasteiger partial charge in [0.25, 0.3) is 5.91 Å². The second-order valence-electron chi connectivity index (χ2n) is 4.41. The van der Waals surface area contributed by atoms with E-state index >= 15 is 0 Å². The average Bonchev–Trinajstić information content (AvgIpc) is 2.54. The molecule has 0 saturated carbocycles. The summed E-state index contributed by atoms with van der Waals surface area (Å²) in [6.45, 7) is -0.695. The van der Waals surface area contributed by atoms with Crippen LogP contribution in [0.25, 0.3) is 0 Å². The van der Waals surface area contributed by atoms with Crippen molar-refractivity contribution in [2.24, 2.45) is 0 Å². The van der Waals surface area contributed by atoms with Gasteiger partial charge in [-0.1, -0.05) is 11.6 Å². The van der Waals surface area contributed by atoms with E-state index in [1.807, 2.05) is 0 Å². The van der Waals surface area contributed by atoms with Crippen LogP contribution in [0, 0.1) is 0 Å². The van der Waals surface area contributed by atoms with Gasteiger partial charge in [0.2, 0.25) is 0 Å². The molecule has 0 radical (unpaired) electrons. The van der Waals surface area contributed by atoms with Crippen LogP contribution < -0.4 is 5.32 Å².